The summed E-state index contributed by atoms with van der Waals surface area (Å²) in [6.45, 7) is 5.62. The van der Waals surface area contributed by atoms with Gasteiger partial charge in [-0.1, -0.05) is 12.1 Å². The molecule has 7 nitrogen and oxygen atoms in total. The van der Waals surface area contributed by atoms with Gasteiger partial charge in [0.15, 0.2) is 4.96 Å². The standard InChI is InChI=1S/C20H24N4O3S/c1-14-5-4-6-17(15(14)2)22-18(25)13-23(7-9-27-3)12-16-11-19(26)24-8-10-28-20(24)21-16/h4-6,8,10-11H,7,9,12-13H2,1-3H3,(H,22,25). The Kier molecular flexibility index (Phi) is 6.56. The van der Waals surface area contributed by atoms with E-state index in [9.17, 15) is 9.59 Å². The zero-order chi connectivity index (χ0) is 20.1. The van der Waals surface area contributed by atoms with Gasteiger partial charge in [0.05, 0.1) is 18.8 Å². The summed E-state index contributed by atoms with van der Waals surface area (Å²) in [5.74, 6) is -0.112. The molecule has 0 radical (unpaired) electrons. The zero-order valence-electron chi connectivity index (χ0n) is 16.3. The van der Waals surface area contributed by atoms with Crippen LogP contribution < -0.4 is 10.9 Å². The molecule has 0 spiro atoms. The van der Waals surface area contributed by atoms with Gasteiger partial charge in [-0.2, -0.15) is 0 Å². The van der Waals surface area contributed by atoms with Crippen molar-refractivity contribution in [2.75, 3.05) is 32.1 Å². The van der Waals surface area contributed by atoms with Crippen molar-refractivity contribution in [3.05, 3.63) is 63.0 Å². The van der Waals surface area contributed by atoms with E-state index >= 15 is 0 Å². The number of hydrogen-bond acceptors (Lipinski definition) is 6. The molecule has 0 fully saturated rings. The molecule has 0 aliphatic heterocycles. The molecule has 0 bridgehead atoms. The van der Waals surface area contributed by atoms with Crippen molar-refractivity contribution in [1.82, 2.24) is 14.3 Å². The van der Waals surface area contributed by atoms with Gasteiger partial charge in [-0.3, -0.25) is 18.9 Å². The van der Waals surface area contributed by atoms with Crippen molar-refractivity contribution in [3.63, 3.8) is 0 Å². The molecule has 148 valence electrons. The average Bonchev–Trinajstić information content (AvgIpc) is 3.12. The van der Waals surface area contributed by atoms with Gasteiger partial charge in [-0.15, -0.1) is 11.3 Å². The number of methoxy groups -OCH3 is 1. The molecule has 0 aliphatic carbocycles. The van der Waals surface area contributed by atoms with E-state index in [2.05, 4.69) is 10.3 Å². The molecule has 0 atom stereocenters. The smallest absolute Gasteiger partial charge is 0.258 e. The molecule has 3 aromatic rings. The van der Waals surface area contributed by atoms with Gasteiger partial charge in [0.1, 0.15) is 0 Å². The van der Waals surface area contributed by atoms with Gasteiger partial charge in [0.25, 0.3) is 5.56 Å². The van der Waals surface area contributed by atoms with E-state index in [1.165, 1.54) is 21.8 Å². The number of carbonyl (C=O) groups excluding carboxylic acids is 1. The fourth-order valence-corrected chi connectivity index (χ4v) is 3.65. The van der Waals surface area contributed by atoms with Crippen LogP contribution in [0.1, 0.15) is 16.8 Å². The first-order chi connectivity index (χ1) is 13.5. The molecule has 1 amide bonds. The van der Waals surface area contributed by atoms with Crippen molar-refractivity contribution in [3.8, 4) is 0 Å². The molecule has 3 rings (SSSR count). The molecule has 1 N–H and O–H groups in total. The Balaban J connectivity index is 1.72. The number of amides is 1. The van der Waals surface area contributed by atoms with Gasteiger partial charge < -0.3 is 10.1 Å². The third-order valence-corrected chi connectivity index (χ3v) is 5.36. The first-order valence-electron chi connectivity index (χ1n) is 9.01. The summed E-state index contributed by atoms with van der Waals surface area (Å²) in [6, 6.07) is 7.35. The lowest BCUT2D eigenvalue weighted by Gasteiger charge is -2.21. The van der Waals surface area contributed by atoms with E-state index in [4.69, 9.17) is 4.74 Å². The van der Waals surface area contributed by atoms with Gasteiger partial charge in [0, 0.05) is 43.5 Å². The van der Waals surface area contributed by atoms with E-state index in [0.29, 0.717) is 30.4 Å². The van der Waals surface area contributed by atoms with Crippen LogP contribution in [0.15, 0.2) is 40.6 Å². The maximum absolute atomic E-state index is 12.6. The highest BCUT2D eigenvalue weighted by atomic mass is 32.1. The van der Waals surface area contributed by atoms with Crippen LogP contribution in [0.25, 0.3) is 4.96 Å². The minimum atomic E-state index is -0.118. The summed E-state index contributed by atoms with van der Waals surface area (Å²) in [6.07, 6.45) is 1.71. The molecule has 0 saturated heterocycles. The largest absolute Gasteiger partial charge is 0.383 e. The molecule has 8 heteroatoms. The van der Waals surface area contributed by atoms with E-state index in [1.54, 1.807) is 13.3 Å². The lowest BCUT2D eigenvalue weighted by molar-refractivity contribution is -0.117. The highest BCUT2D eigenvalue weighted by Crippen LogP contribution is 2.18. The third-order valence-electron chi connectivity index (χ3n) is 4.60. The fourth-order valence-electron chi connectivity index (χ4n) is 2.91. The van der Waals surface area contributed by atoms with Crippen molar-refractivity contribution in [2.24, 2.45) is 0 Å². The molecule has 0 unspecified atom stereocenters. The number of carbonyl (C=O) groups is 1. The Labute approximate surface area is 167 Å². The van der Waals surface area contributed by atoms with E-state index < -0.39 is 0 Å². The number of anilines is 1. The maximum atomic E-state index is 12.6. The van der Waals surface area contributed by atoms with Gasteiger partial charge >= 0.3 is 0 Å². The normalized spacial score (nSPS) is 11.3. The van der Waals surface area contributed by atoms with Crippen LogP contribution in [0, 0.1) is 13.8 Å². The molecule has 2 aromatic heterocycles. The lowest BCUT2D eigenvalue weighted by Crippen LogP contribution is -2.35. The monoisotopic (exact) mass is 400 g/mol. The van der Waals surface area contributed by atoms with Crippen LogP contribution in [0.3, 0.4) is 0 Å². The second-order valence-corrected chi connectivity index (χ2v) is 7.51. The first-order valence-corrected chi connectivity index (χ1v) is 9.89. The Morgan fingerprint density at radius 3 is 2.96 bits per heavy atom. The van der Waals surface area contributed by atoms with Crippen LogP contribution in [-0.4, -0.2) is 47.0 Å². The fraction of sp³-hybridized carbons (Fsp3) is 0.350. The number of rotatable bonds is 8. The second kappa shape index (κ2) is 9.09. The maximum Gasteiger partial charge on any atom is 0.258 e. The number of aromatic nitrogens is 2. The minimum absolute atomic E-state index is 0.112. The Morgan fingerprint density at radius 2 is 2.18 bits per heavy atom. The molecule has 1 aromatic carbocycles. The van der Waals surface area contributed by atoms with Gasteiger partial charge in [-0.05, 0) is 31.0 Å². The number of thiazole rings is 1. The lowest BCUT2D eigenvalue weighted by atomic mass is 10.1. The van der Waals surface area contributed by atoms with Gasteiger partial charge in [0.2, 0.25) is 5.91 Å². The number of benzene rings is 1. The number of nitrogens with one attached hydrogen (secondary N) is 1. The van der Waals surface area contributed by atoms with Crippen LogP contribution in [-0.2, 0) is 16.1 Å². The predicted molar refractivity (Wildman–Crippen MR) is 111 cm³/mol. The molecule has 2 heterocycles. The quantitative estimate of drug-likeness (QED) is 0.629. The van der Waals surface area contributed by atoms with Gasteiger partial charge in [-0.25, -0.2) is 4.98 Å². The van der Waals surface area contributed by atoms with Crippen molar-refractivity contribution >= 4 is 27.9 Å². The summed E-state index contributed by atoms with van der Waals surface area (Å²) >= 11 is 1.41. The highest BCUT2D eigenvalue weighted by Gasteiger charge is 2.14. The molecular formula is C20H24N4O3S. The Morgan fingerprint density at radius 1 is 1.36 bits per heavy atom. The van der Waals surface area contributed by atoms with E-state index in [-0.39, 0.29) is 18.0 Å². The highest BCUT2D eigenvalue weighted by molar-refractivity contribution is 7.15. The summed E-state index contributed by atoms with van der Waals surface area (Å²) in [5.41, 5.74) is 3.52. The number of fused-ring (bicyclic) bond motifs is 1. The Hall–Kier alpha value is -2.55. The topological polar surface area (TPSA) is 75.9 Å². The number of aryl methyl sites for hydroxylation is 1. The number of nitrogens with zero attached hydrogens (tertiary/aromatic N) is 3. The van der Waals surface area contributed by atoms with Crippen molar-refractivity contribution in [2.45, 2.75) is 20.4 Å². The molecule has 28 heavy (non-hydrogen) atoms. The van der Waals surface area contributed by atoms with Crippen molar-refractivity contribution in [1.29, 1.82) is 0 Å². The minimum Gasteiger partial charge on any atom is -0.383 e. The van der Waals surface area contributed by atoms with E-state index in [1.807, 2.05) is 42.3 Å². The van der Waals surface area contributed by atoms with Crippen LogP contribution in [0.5, 0.6) is 0 Å². The number of ether oxygens (including phenoxy) is 1. The molecule has 0 saturated carbocycles. The average molecular weight is 401 g/mol. The number of hydrogen-bond donors (Lipinski definition) is 1. The molecule has 0 aliphatic rings. The summed E-state index contributed by atoms with van der Waals surface area (Å²) in [4.78, 5) is 31.9. The SMILES string of the molecule is COCCN(CC(=O)Nc1cccc(C)c1C)Cc1cc(=O)n2ccsc2n1. The third kappa shape index (κ3) is 4.83. The van der Waals surface area contributed by atoms with Crippen LogP contribution in [0.2, 0.25) is 0 Å². The Bertz CT molecular complexity index is 1030. The summed E-state index contributed by atoms with van der Waals surface area (Å²) < 4.78 is 6.68. The van der Waals surface area contributed by atoms with Crippen LogP contribution >= 0.6 is 11.3 Å². The van der Waals surface area contributed by atoms with Crippen molar-refractivity contribution < 1.29 is 9.53 Å². The summed E-state index contributed by atoms with van der Waals surface area (Å²) in [7, 11) is 1.62. The van der Waals surface area contributed by atoms with Crippen LogP contribution in [0.4, 0.5) is 5.69 Å². The first kappa shape index (κ1) is 20.2. The predicted octanol–water partition coefficient (Wildman–Crippen LogP) is 2.46. The summed E-state index contributed by atoms with van der Waals surface area (Å²) in [5, 5.41) is 4.80. The zero-order valence-corrected chi connectivity index (χ0v) is 17.1. The molecular weight excluding hydrogens is 376 g/mol. The second-order valence-electron chi connectivity index (χ2n) is 6.64. The van der Waals surface area contributed by atoms with E-state index in [0.717, 1.165) is 16.8 Å².